The lowest BCUT2D eigenvalue weighted by Gasteiger charge is -2.09. The molecule has 0 heterocycles. The molecule has 0 unspecified atom stereocenters. The van der Waals surface area contributed by atoms with Crippen LogP contribution < -0.4 is 31.2 Å². The van der Waals surface area contributed by atoms with Crippen LogP contribution >= 0.6 is 0 Å². The van der Waals surface area contributed by atoms with Gasteiger partial charge in [-0.3, -0.25) is 34.6 Å². The zero-order valence-electron chi connectivity index (χ0n) is 36.6. The van der Waals surface area contributed by atoms with E-state index in [0.29, 0.717) is 51.3 Å². The van der Waals surface area contributed by atoms with E-state index in [0.717, 1.165) is 18.2 Å². The molecule has 0 radical (unpaired) electrons. The van der Waals surface area contributed by atoms with E-state index < -0.39 is 15.7 Å². The van der Waals surface area contributed by atoms with E-state index in [1.54, 1.807) is 97.9 Å². The minimum Gasteiger partial charge on any atom is -0.508 e. The van der Waals surface area contributed by atoms with Crippen molar-refractivity contribution in [2.45, 2.75) is 27.7 Å². The number of aliphatic hydroxyl groups excluding tert-OH is 1. The van der Waals surface area contributed by atoms with E-state index >= 15 is 0 Å². The number of nitrogens with zero attached hydrogens (tertiary/aromatic N) is 5. The normalized spacial score (nSPS) is 9.28. The standard InChI is InChI=1S/C15H11N3O4.C15H13N3O2.C8H9NO2.C7H3FN2O2.C2H6O/c1-10(19)17-12-3-2-4-13(8-12)22-14-5-6-15(18(20)21)11(7-14)9-16;1-10(19)18-12-3-2-4-13(8-12)20-14-5-6-15(17)11(7-14)9-16;1-6(10)9-7-3-2-4-8(11)5-7;8-6-1-2-7(10(11)12)5(3-6)4-9;1-2-3/h2-8H,1H3,(H,17,19);2-8H,17H2,1H3,(H,18,19);2-5,11H,1H3,(H,9,10);1-3H;3H,2H2,1H3. The van der Waals surface area contributed by atoms with Crippen molar-refractivity contribution >= 4 is 51.8 Å². The number of amides is 3. The van der Waals surface area contributed by atoms with Crippen molar-refractivity contribution in [1.82, 2.24) is 0 Å². The molecule has 0 saturated carbocycles. The van der Waals surface area contributed by atoms with Gasteiger partial charge in [0.15, 0.2) is 0 Å². The number of aliphatic hydroxyl groups is 1. The number of hydrogen-bond acceptors (Lipinski definition) is 15. The van der Waals surface area contributed by atoms with Crippen LogP contribution in [0.3, 0.4) is 0 Å². The van der Waals surface area contributed by atoms with Crippen LogP contribution in [0.15, 0.2) is 127 Å². The Balaban J connectivity index is 0.000000316. The fraction of sp³-hybridized carbons (Fsp3) is 0.106. The second-order valence-corrected chi connectivity index (χ2v) is 13.1. The summed E-state index contributed by atoms with van der Waals surface area (Å²) in [6.07, 6.45) is 0. The van der Waals surface area contributed by atoms with Crippen molar-refractivity contribution in [2.75, 3.05) is 28.3 Å². The molecule has 0 bridgehead atoms. The highest BCUT2D eigenvalue weighted by atomic mass is 19.1. The zero-order valence-corrected chi connectivity index (χ0v) is 36.6. The summed E-state index contributed by atoms with van der Waals surface area (Å²) in [7, 11) is 0. The number of hydrogen-bond donors (Lipinski definition) is 6. The summed E-state index contributed by atoms with van der Waals surface area (Å²) < 4.78 is 23.6. The molecule has 0 atom stereocenters. The van der Waals surface area contributed by atoms with Gasteiger partial charge in [0.05, 0.1) is 15.4 Å². The van der Waals surface area contributed by atoms with Crippen LogP contribution in [0, 0.1) is 60.0 Å². The molecule has 0 fully saturated rings. The summed E-state index contributed by atoms with van der Waals surface area (Å²) in [6, 6.07) is 36.9. The largest absolute Gasteiger partial charge is 0.508 e. The molecular formula is C47H42FN9O11. The predicted molar refractivity (Wildman–Crippen MR) is 248 cm³/mol. The van der Waals surface area contributed by atoms with Crippen molar-refractivity contribution in [3.05, 3.63) is 170 Å². The van der Waals surface area contributed by atoms with Crippen LogP contribution in [-0.2, 0) is 14.4 Å². The number of phenolic OH excluding ortho intramolecular Hbond substituents is 1. The second-order valence-electron chi connectivity index (χ2n) is 13.1. The molecule has 0 aliphatic carbocycles. The van der Waals surface area contributed by atoms with Crippen LogP contribution in [0.1, 0.15) is 44.4 Å². The third kappa shape index (κ3) is 19.6. The van der Waals surface area contributed by atoms with E-state index in [1.807, 2.05) is 6.07 Å². The molecule has 0 saturated heterocycles. The van der Waals surface area contributed by atoms with Crippen LogP contribution in [-0.4, -0.2) is 44.4 Å². The van der Waals surface area contributed by atoms with Gasteiger partial charge in [-0.15, -0.1) is 0 Å². The summed E-state index contributed by atoms with van der Waals surface area (Å²) in [5.41, 5.74) is 7.23. The molecule has 0 aliphatic heterocycles. The summed E-state index contributed by atoms with van der Waals surface area (Å²) in [5.74, 6) is 0.788. The number of benzene rings is 6. The highest BCUT2D eigenvalue weighted by Gasteiger charge is 2.15. The molecule has 6 rings (SSSR count). The number of ether oxygens (including phenoxy) is 2. The SMILES string of the molecule is CC(=O)Nc1cccc(O)c1.CC(=O)Nc1cccc(Oc2ccc(N)c(C#N)c2)c1.CC(=O)Nc1cccc(Oc2ccc([N+](=O)[O-])c(C#N)c2)c1.CCO.N#Cc1cc(F)ccc1[N+](=O)[O-]. The van der Waals surface area contributed by atoms with Crippen LogP contribution in [0.4, 0.5) is 38.5 Å². The second kappa shape index (κ2) is 28.0. The minimum absolute atomic E-state index is 0.0829. The summed E-state index contributed by atoms with van der Waals surface area (Å²) >= 11 is 0. The first-order valence-corrected chi connectivity index (χ1v) is 19.4. The monoisotopic (exact) mass is 927 g/mol. The van der Waals surface area contributed by atoms with E-state index in [1.165, 1.54) is 51.1 Å². The van der Waals surface area contributed by atoms with Gasteiger partial charge in [-0.25, -0.2) is 4.39 Å². The number of aromatic hydroxyl groups is 1. The van der Waals surface area contributed by atoms with Crippen molar-refractivity contribution in [2.24, 2.45) is 0 Å². The predicted octanol–water partition coefficient (Wildman–Crippen LogP) is 9.06. The van der Waals surface area contributed by atoms with Crippen LogP contribution in [0.2, 0.25) is 0 Å². The Labute approximate surface area is 388 Å². The number of phenols is 1. The fourth-order valence-electron chi connectivity index (χ4n) is 5.02. The van der Waals surface area contributed by atoms with E-state index in [4.69, 9.17) is 41.2 Å². The first kappa shape index (κ1) is 54.2. The molecule has 0 aliphatic rings. The number of nitro groups is 2. The molecule has 0 aromatic heterocycles. The Morgan fingerprint density at radius 2 is 0.971 bits per heavy atom. The number of carbonyl (C=O) groups excluding carboxylic acids is 3. The molecular weight excluding hydrogens is 886 g/mol. The average molecular weight is 928 g/mol. The van der Waals surface area contributed by atoms with E-state index in [9.17, 15) is 39.0 Å². The topological polar surface area (TPSA) is 330 Å². The molecule has 6 aromatic carbocycles. The number of halogens is 1. The molecule has 20 nitrogen and oxygen atoms in total. The van der Waals surface area contributed by atoms with Gasteiger partial charge in [-0.05, 0) is 73.7 Å². The molecule has 21 heteroatoms. The first-order chi connectivity index (χ1) is 32.3. The maximum absolute atomic E-state index is 12.4. The lowest BCUT2D eigenvalue weighted by molar-refractivity contribution is -0.385. The molecule has 0 spiro atoms. The lowest BCUT2D eigenvalue weighted by atomic mass is 10.2. The van der Waals surface area contributed by atoms with Crippen molar-refractivity contribution < 1.29 is 48.3 Å². The van der Waals surface area contributed by atoms with E-state index in [2.05, 4.69) is 16.0 Å². The number of anilines is 4. The Kier molecular flexibility index (Phi) is 22.3. The molecule has 6 aromatic rings. The zero-order chi connectivity index (χ0) is 50.8. The summed E-state index contributed by atoms with van der Waals surface area (Å²) in [4.78, 5) is 52.2. The van der Waals surface area contributed by atoms with Gasteiger partial charge in [0.25, 0.3) is 11.4 Å². The van der Waals surface area contributed by atoms with Gasteiger partial charge >= 0.3 is 0 Å². The molecule has 3 amide bonds. The van der Waals surface area contributed by atoms with Gasteiger partial charge in [-0.2, -0.15) is 15.8 Å². The highest BCUT2D eigenvalue weighted by Crippen LogP contribution is 2.29. The third-order valence-electron chi connectivity index (χ3n) is 7.65. The van der Waals surface area contributed by atoms with Gasteiger partial charge in [0.1, 0.15) is 63.9 Å². The molecule has 68 heavy (non-hydrogen) atoms. The number of nitrogen functional groups attached to an aromatic ring is 1. The summed E-state index contributed by atoms with van der Waals surface area (Å²) in [6.45, 7) is 6.18. The number of rotatable bonds is 9. The van der Waals surface area contributed by atoms with Crippen LogP contribution in [0.25, 0.3) is 0 Å². The van der Waals surface area contributed by atoms with E-state index in [-0.39, 0.29) is 52.6 Å². The number of nitriles is 3. The quantitative estimate of drug-likeness (QED) is 0.0447. The van der Waals surface area contributed by atoms with Crippen LogP contribution in [0.5, 0.6) is 28.7 Å². The first-order valence-electron chi connectivity index (χ1n) is 19.4. The number of nitrogens with one attached hydrogen (secondary N) is 3. The Bertz CT molecular complexity index is 2880. The average Bonchev–Trinajstić information content (AvgIpc) is 3.27. The maximum Gasteiger partial charge on any atom is 0.287 e. The Morgan fingerprint density at radius 1 is 0.603 bits per heavy atom. The highest BCUT2D eigenvalue weighted by molar-refractivity contribution is 5.90. The maximum atomic E-state index is 12.4. The molecule has 7 N–H and O–H groups in total. The van der Waals surface area contributed by atoms with Gasteiger partial charge in [0, 0.05) is 92.6 Å². The van der Waals surface area contributed by atoms with Crippen molar-refractivity contribution in [1.29, 1.82) is 15.8 Å². The fourth-order valence-corrected chi connectivity index (χ4v) is 5.02. The van der Waals surface area contributed by atoms with Crippen molar-refractivity contribution in [3.8, 4) is 47.0 Å². The number of carbonyl (C=O) groups is 3. The van der Waals surface area contributed by atoms with Crippen molar-refractivity contribution in [3.63, 3.8) is 0 Å². The number of nitro benzene ring substituents is 2. The van der Waals surface area contributed by atoms with Gasteiger partial charge in [-0.1, -0.05) is 18.2 Å². The summed E-state index contributed by atoms with van der Waals surface area (Å²) in [5, 5.41) is 71.6. The van der Waals surface area contributed by atoms with Gasteiger partial charge in [0.2, 0.25) is 17.7 Å². The Morgan fingerprint density at radius 3 is 1.38 bits per heavy atom. The molecule has 348 valence electrons. The van der Waals surface area contributed by atoms with Gasteiger partial charge < -0.3 is 41.4 Å². The number of nitrogens with two attached hydrogens (primary N) is 1. The smallest absolute Gasteiger partial charge is 0.287 e. The third-order valence-corrected chi connectivity index (χ3v) is 7.65. The minimum atomic E-state index is -0.724. The Hall–Kier alpha value is -9.91. The lowest BCUT2D eigenvalue weighted by Crippen LogP contribution is -2.05.